The highest BCUT2D eigenvalue weighted by Crippen LogP contribution is 2.33. The number of carbonyl (C=O) groups is 2. The molecule has 1 aliphatic rings. The summed E-state index contributed by atoms with van der Waals surface area (Å²) < 4.78 is 0. The lowest BCUT2D eigenvalue weighted by atomic mass is 9.88. The molecule has 1 heterocycles. The van der Waals surface area contributed by atoms with Crippen LogP contribution in [0.2, 0.25) is 0 Å². The van der Waals surface area contributed by atoms with Crippen molar-refractivity contribution in [2.75, 3.05) is 13.1 Å². The van der Waals surface area contributed by atoms with Gasteiger partial charge in [0.2, 0.25) is 5.91 Å². The van der Waals surface area contributed by atoms with E-state index in [1.54, 1.807) is 11.0 Å². The fraction of sp³-hybridized carbons (Fsp3) is 0.474. The van der Waals surface area contributed by atoms with Gasteiger partial charge in [0.25, 0.3) is 0 Å². The number of piperidine rings is 1. The van der Waals surface area contributed by atoms with Crippen molar-refractivity contribution in [3.63, 3.8) is 0 Å². The van der Waals surface area contributed by atoms with Crippen LogP contribution in [0, 0.1) is 5.92 Å². The highest BCUT2D eigenvalue weighted by Gasteiger charge is 2.35. The summed E-state index contributed by atoms with van der Waals surface area (Å²) in [4.78, 5) is 26.7. The molecule has 0 aromatic heterocycles. The van der Waals surface area contributed by atoms with Gasteiger partial charge >= 0.3 is 6.03 Å². The van der Waals surface area contributed by atoms with Gasteiger partial charge in [0.1, 0.15) is 0 Å². The molecule has 130 valence electrons. The summed E-state index contributed by atoms with van der Waals surface area (Å²) in [5.74, 6) is -0.188. The largest absolute Gasteiger partial charge is 0.352 e. The topological polar surface area (TPSA) is 61.4 Å². The number of nitrogens with one attached hydrogen (secondary N) is 2. The van der Waals surface area contributed by atoms with Crippen LogP contribution in [0.3, 0.4) is 0 Å². The number of nitrogens with zero attached hydrogens (tertiary/aromatic N) is 1. The summed E-state index contributed by atoms with van der Waals surface area (Å²) in [6.07, 6.45) is 3.21. The highest BCUT2D eigenvalue weighted by molar-refractivity contribution is 5.81. The van der Waals surface area contributed by atoms with Crippen molar-refractivity contribution in [3.05, 3.63) is 48.6 Å². The second kappa shape index (κ2) is 8.52. The van der Waals surface area contributed by atoms with E-state index in [2.05, 4.69) is 17.2 Å². The number of hydrogen-bond donors (Lipinski definition) is 2. The molecule has 24 heavy (non-hydrogen) atoms. The molecule has 5 nitrogen and oxygen atoms in total. The molecule has 3 amide bonds. The summed E-state index contributed by atoms with van der Waals surface area (Å²) in [6, 6.07) is 9.97. The minimum absolute atomic E-state index is 0.00778. The molecule has 0 bridgehead atoms. The van der Waals surface area contributed by atoms with Crippen LogP contribution in [0.5, 0.6) is 0 Å². The SMILES string of the molecule is C=CCNC(=O)C1CCC(c2ccccc2)N(C(=O)NC(C)C)C1. The molecular formula is C19H27N3O2. The number of likely N-dealkylation sites (tertiary alicyclic amines) is 1. The molecule has 2 N–H and O–H groups in total. The summed E-state index contributed by atoms with van der Waals surface area (Å²) in [6.45, 7) is 8.38. The van der Waals surface area contributed by atoms with Crippen molar-refractivity contribution < 1.29 is 9.59 Å². The fourth-order valence-corrected chi connectivity index (χ4v) is 3.08. The Bertz CT molecular complexity index is 571. The Morgan fingerprint density at radius 3 is 2.62 bits per heavy atom. The average molecular weight is 329 g/mol. The minimum atomic E-state index is -0.178. The normalized spacial score (nSPS) is 20.5. The van der Waals surface area contributed by atoms with E-state index in [4.69, 9.17) is 0 Å². The number of hydrogen-bond acceptors (Lipinski definition) is 2. The van der Waals surface area contributed by atoms with Gasteiger partial charge in [0.05, 0.1) is 12.0 Å². The Balaban J connectivity index is 2.16. The van der Waals surface area contributed by atoms with Gasteiger partial charge in [-0.1, -0.05) is 36.4 Å². The smallest absolute Gasteiger partial charge is 0.318 e. The second-order valence-corrected chi connectivity index (χ2v) is 6.49. The molecule has 2 unspecified atom stereocenters. The fourth-order valence-electron chi connectivity index (χ4n) is 3.08. The van der Waals surface area contributed by atoms with Crippen LogP contribution in [0.15, 0.2) is 43.0 Å². The van der Waals surface area contributed by atoms with E-state index in [0.717, 1.165) is 18.4 Å². The van der Waals surface area contributed by atoms with Crippen molar-refractivity contribution in [3.8, 4) is 0 Å². The first-order valence-corrected chi connectivity index (χ1v) is 8.53. The predicted octanol–water partition coefficient (Wildman–Crippen LogP) is 2.86. The van der Waals surface area contributed by atoms with Gasteiger partial charge in [-0.05, 0) is 32.3 Å². The van der Waals surface area contributed by atoms with Gasteiger partial charge in [-0.2, -0.15) is 0 Å². The maximum atomic E-state index is 12.6. The van der Waals surface area contributed by atoms with Crippen LogP contribution in [-0.2, 0) is 4.79 Å². The van der Waals surface area contributed by atoms with E-state index < -0.39 is 0 Å². The zero-order valence-electron chi connectivity index (χ0n) is 14.5. The third-order valence-corrected chi connectivity index (χ3v) is 4.23. The van der Waals surface area contributed by atoms with Crippen LogP contribution in [0.4, 0.5) is 4.79 Å². The Morgan fingerprint density at radius 2 is 2.00 bits per heavy atom. The number of benzene rings is 1. The van der Waals surface area contributed by atoms with Crippen LogP contribution in [0.25, 0.3) is 0 Å². The van der Waals surface area contributed by atoms with Gasteiger partial charge in [0, 0.05) is 19.1 Å². The number of carbonyl (C=O) groups excluding carboxylic acids is 2. The highest BCUT2D eigenvalue weighted by atomic mass is 16.2. The third-order valence-electron chi connectivity index (χ3n) is 4.23. The second-order valence-electron chi connectivity index (χ2n) is 6.49. The summed E-state index contributed by atoms with van der Waals surface area (Å²) in [7, 11) is 0. The zero-order valence-corrected chi connectivity index (χ0v) is 14.5. The molecule has 0 saturated carbocycles. The van der Waals surface area contributed by atoms with E-state index in [0.29, 0.717) is 13.1 Å². The minimum Gasteiger partial charge on any atom is -0.352 e. The number of amides is 3. The lowest BCUT2D eigenvalue weighted by Gasteiger charge is -2.39. The van der Waals surface area contributed by atoms with Gasteiger partial charge in [-0.25, -0.2) is 4.79 Å². The molecule has 0 spiro atoms. The molecule has 1 aliphatic heterocycles. The summed E-state index contributed by atoms with van der Waals surface area (Å²) >= 11 is 0. The molecule has 1 saturated heterocycles. The standard InChI is InChI=1S/C19H27N3O2/c1-4-12-20-18(23)16-10-11-17(15-8-6-5-7-9-15)22(13-16)19(24)21-14(2)3/h4-9,14,16-17H,1,10-13H2,2-3H3,(H,20,23)(H,21,24). The van der Waals surface area contributed by atoms with Crippen molar-refractivity contribution in [2.24, 2.45) is 5.92 Å². The van der Waals surface area contributed by atoms with E-state index in [9.17, 15) is 9.59 Å². The van der Waals surface area contributed by atoms with Gasteiger partial charge in [-0.3, -0.25) is 4.79 Å². The predicted molar refractivity (Wildman–Crippen MR) is 95.5 cm³/mol. The summed E-state index contributed by atoms with van der Waals surface area (Å²) in [5.41, 5.74) is 1.11. The average Bonchev–Trinajstić information content (AvgIpc) is 2.59. The van der Waals surface area contributed by atoms with Gasteiger partial charge in [-0.15, -0.1) is 6.58 Å². The van der Waals surface area contributed by atoms with E-state index in [1.165, 1.54) is 0 Å². The molecule has 5 heteroatoms. The summed E-state index contributed by atoms with van der Waals surface area (Å²) in [5, 5.41) is 5.80. The molecule has 2 atom stereocenters. The Morgan fingerprint density at radius 1 is 1.29 bits per heavy atom. The monoisotopic (exact) mass is 329 g/mol. The Hall–Kier alpha value is -2.30. The van der Waals surface area contributed by atoms with E-state index in [1.807, 2.05) is 44.2 Å². The van der Waals surface area contributed by atoms with Crippen LogP contribution in [0.1, 0.15) is 38.3 Å². The first kappa shape index (κ1) is 18.0. The Labute approximate surface area is 144 Å². The van der Waals surface area contributed by atoms with Gasteiger partial charge in [0.15, 0.2) is 0 Å². The first-order valence-electron chi connectivity index (χ1n) is 8.53. The third kappa shape index (κ3) is 4.60. The first-order chi connectivity index (χ1) is 11.5. The molecule has 1 aromatic carbocycles. The molecule has 0 aliphatic carbocycles. The van der Waals surface area contributed by atoms with Crippen molar-refractivity contribution in [2.45, 2.75) is 38.8 Å². The Kier molecular flexibility index (Phi) is 6.41. The quantitative estimate of drug-likeness (QED) is 0.816. The number of rotatable bonds is 5. The van der Waals surface area contributed by atoms with E-state index in [-0.39, 0.29) is 29.9 Å². The van der Waals surface area contributed by atoms with Crippen molar-refractivity contribution in [1.29, 1.82) is 0 Å². The molecule has 0 radical (unpaired) electrons. The van der Waals surface area contributed by atoms with Crippen LogP contribution in [-0.4, -0.2) is 36.0 Å². The molecule has 1 aromatic rings. The molecular weight excluding hydrogens is 302 g/mol. The van der Waals surface area contributed by atoms with Crippen molar-refractivity contribution >= 4 is 11.9 Å². The van der Waals surface area contributed by atoms with Crippen LogP contribution >= 0.6 is 0 Å². The van der Waals surface area contributed by atoms with Gasteiger partial charge < -0.3 is 15.5 Å². The van der Waals surface area contributed by atoms with Crippen LogP contribution < -0.4 is 10.6 Å². The maximum Gasteiger partial charge on any atom is 0.318 e. The molecule has 1 fully saturated rings. The molecule has 2 rings (SSSR count). The van der Waals surface area contributed by atoms with E-state index >= 15 is 0 Å². The lowest BCUT2D eigenvalue weighted by Crippen LogP contribution is -2.51. The lowest BCUT2D eigenvalue weighted by molar-refractivity contribution is -0.126. The number of urea groups is 1. The van der Waals surface area contributed by atoms with Crippen molar-refractivity contribution in [1.82, 2.24) is 15.5 Å². The maximum absolute atomic E-state index is 12.6. The zero-order chi connectivity index (χ0) is 17.5.